The van der Waals surface area contributed by atoms with Crippen molar-refractivity contribution in [3.63, 3.8) is 0 Å². The van der Waals surface area contributed by atoms with Crippen molar-refractivity contribution < 1.29 is 4.79 Å². The molecular weight excluding hydrogens is 216 g/mol. The Morgan fingerprint density at radius 3 is 3.00 bits per heavy atom. The molecule has 2 rings (SSSR count). The minimum Gasteiger partial charge on any atom is -0.295 e. The number of rotatable bonds is 3. The van der Waals surface area contributed by atoms with E-state index in [0.717, 1.165) is 5.56 Å². The monoisotopic (exact) mass is 232 g/mol. The quantitative estimate of drug-likeness (QED) is 0.576. The van der Waals surface area contributed by atoms with Gasteiger partial charge in [0.15, 0.2) is 5.78 Å². The maximum absolute atomic E-state index is 11.3. The molecule has 1 aromatic carbocycles. The molecule has 0 heterocycles. The highest BCUT2D eigenvalue weighted by Gasteiger charge is 2.10. The molecule has 1 aromatic rings. The molecule has 0 aliphatic heterocycles. The summed E-state index contributed by atoms with van der Waals surface area (Å²) >= 11 is 1.86. The summed E-state index contributed by atoms with van der Waals surface area (Å²) in [5, 5.41) is 0.580. The van der Waals surface area contributed by atoms with Gasteiger partial charge in [0.05, 0.1) is 0 Å². The number of hydrogen-bond donors (Lipinski definition) is 0. The Balaban J connectivity index is 2.08. The Morgan fingerprint density at radius 1 is 1.44 bits per heavy atom. The first-order valence-electron chi connectivity index (χ1n) is 5.70. The van der Waals surface area contributed by atoms with Crippen LogP contribution < -0.4 is 0 Å². The summed E-state index contributed by atoms with van der Waals surface area (Å²) in [6, 6.07) is 7.92. The normalized spacial score (nSPS) is 19.7. The molecule has 1 aliphatic carbocycles. The highest BCUT2D eigenvalue weighted by Crippen LogP contribution is 2.30. The molecule has 84 valence electrons. The third kappa shape index (κ3) is 2.99. The molecule has 0 aromatic heterocycles. The topological polar surface area (TPSA) is 17.1 Å². The third-order valence-corrected chi connectivity index (χ3v) is 3.96. The van der Waals surface area contributed by atoms with Crippen molar-refractivity contribution in [1.29, 1.82) is 0 Å². The van der Waals surface area contributed by atoms with E-state index in [0.29, 0.717) is 5.25 Å². The molecule has 1 aliphatic rings. The SMILES string of the molecule is CC(=O)c1cccc(SC2C=CCCC2)c1. The molecule has 0 fully saturated rings. The minimum atomic E-state index is 0.140. The van der Waals surface area contributed by atoms with Gasteiger partial charge in [-0.3, -0.25) is 4.79 Å². The number of benzene rings is 1. The summed E-state index contributed by atoms with van der Waals surface area (Å²) in [5.74, 6) is 0.140. The van der Waals surface area contributed by atoms with Crippen molar-refractivity contribution in [2.75, 3.05) is 0 Å². The summed E-state index contributed by atoms with van der Waals surface area (Å²) in [5.41, 5.74) is 0.810. The largest absolute Gasteiger partial charge is 0.295 e. The van der Waals surface area contributed by atoms with E-state index < -0.39 is 0 Å². The Morgan fingerprint density at radius 2 is 2.31 bits per heavy atom. The maximum atomic E-state index is 11.3. The van der Waals surface area contributed by atoms with Crippen molar-refractivity contribution in [2.45, 2.75) is 36.3 Å². The van der Waals surface area contributed by atoms with Gasteiger partial charge in [-0.05, 0) is 38.3 Å². The van der Waals surface area contributed by atoms with Crippen LogP contribution in [0.5, 0.6) is 0 Å². The highest BCUT2D eigenvalue weighted by atomic mass is 32.2. The lowest BCUT2D eigenvalue weighted by atomic mass is 10.1. The van der Waals surface area contributed by atoms with Crippen LogP contribution in [0.25, 0.3) is 0 Å². The summed E-state index contributed by atoms with van der Waals surface area (Å²) in [7, 11) is 0. The molecule has 1 nitrogen and oxygen atoms in total. The van der Waals surface area contributed by atoms with E-state index in [1.807, 2.05) is 30.0 Å². The fourth-order valence-electron chi connectivity index (χ4n) is 1.84. The molecule has 0 bridgehead atoms. The lowest BCUT2D eigenvalue weighted by molar-refractivity contribution is 0.101. The lowest BCUT2D eigenvalue weighted by Crippen LogP contribution is -2.02. The first kappa shape index (κ1) is 11.5. The van der Waals surface area contributed by atoms with E-state index in [9.17, 15) is 4.79 Å². The number of ketones is 1. The average molecular weight is 232 g/mol. The van der Waals surface area contributed by atoms with E-state index in [-0.39, 0.29) is 5.78 Å². The van der Waals surface area contributed by atoms with Crippen LogP contribution in [0.4, 0.5) is 0 Å². The fourth-order valence-corrected chi connectivity index (χ4v) is 3.02. The molecule has 16 heavy (non-hydrogen) atoms. The molecule has 0 N–H and O–H groups in total. The zero-order valence-corrected chi connectivity index (χ0v) is 10.3. The van der Waals surface area contributed by atoms with Crippen LogP contribution in [0.2, 0.25) is 0 Å². The van der Waals surface area contributed by atoms with E-state index >= 15 is 0 Å². The third-order valence-electron chi connectivity index (χ3n) is 2.74. The summed E-state index contributed by atoms with van der Waals surface area (Å²) < 4.78 is 0. The molecule has 1 atom stereocenters. The van der Waals surface area contributed by atoms with Crippen molar-refractivity contribution in [3.05, 3.63) is 42.0 Å². The molecule has 0 amide bonds. The van der Waals surface area contributed by atoms with Gasteiger partial charge in [-0.1, -0.05) is 24.3 Å². The molecule has 0 saturated carbocycles. The molecular formula is C14H16OS. The smallest absolute Gasteiger partial charge is 0.159 e. The summed E-state index contributed by atoms with van der Waals surface area (Å²) in [4.78, 5) is 12.5. The zero-order valence-electron chi connectivity index (χ0n) is 9.48. The molecule has 1 unspecified atom stereocenters. The Labute approximate surface area is 101 Å². The highest BCUT2D eigenvalue weighted by molar-refractivity contribution is 8.00. The lowest BCUT2D eigenvalue weighted by Gasteiger charge is -2.15. The van der Waals surface area contributed by atoms with Gasteiger partial charge in [-0.2, -0.15) is 0 Å². The number of Topliss-reactive ketones (excluding diaryl/α,β-unsaturated/α-hetero) is 1. The van der Waals surface area contributed by atoms with E-state index in [4.69, 9.17) is 0 Å². The molecule has 0 spiro atoms. The predicted octanol–water partition coefficient (Wildman–Crippen LogP) is 4.09. The second kappa shape index (κ2) is 5.35. The van der Waals surface area contributed by atoms with Crippen molar-refractivity contribution in [1.82, 2.24) is 0 Å². The van der Waals surface area contributed by atoms with Gasteiger partial charge in [0.25, 0.3) is 0 Å². The van der Waals surface area contributed by atoms with Crippen LogP contribution >= 0.6 is 11.8 Å². The second-order valence-electron chi connectivity index (χ2n) is 4.10. The van der Waals surface area contributed by atoms with Gasteiger partial charge in [-0.25, -0.2) is 0 Å². The summed E-state index contributed by atoms with van der Waals surface area (Å²) in [6.07, 6.45) is 8.28. The van der Waals surface area contributed by atoms with Gasteiger partial charge in [-0.15, -0.1) is 11.8 Å². The predicted molar refractivity (Wildman–Crippen MR) is 69.1 cm³/mol. The van der Waals surface area contributed by atoms with E-state index in [1.165, 1.54) is 24.2 Å². The number of thioether (sulfide) groups is 1. The van der Waals surface area contributed by atoms with Crippen LogP contribution in [0.1, 0.15) is 36.5 Å². The maximum Gasteiger partial charge on any atom is 0.159 e. The Kier molecular flexibility index (Phi) is 3.83. The molecule has 0 saturated heterocycles. The number of hydrogen-bond acceptors (Lipinski definition) is 2. The van der Waals surface area contributed by atoms with Gasteiger partial charge in [0.1, 0.15) is 0 Å². The fraction of sp³-hybridized carbons (Fsp3) is 0.357. The molecule has 0 radical (unpaired) electrons. The van der Waals surface area contributed by atoms with Crippen LogP contribution in [0.3, 0.4) is 0 Å². The Hall–Kier alpha value is -1.02. The van der Waals surface area contributed by atoms with Gasteiger partial charge < -0.3 is 0 Å². The number of carbonyl (C=O) groups excluding carboxylic acids is 1. The first-order valence-corrected chi connectivity index (χ1v) is 6.58. The standard InChI is InChI=1S/C14H16OS/c1-11(15)12-6-5-9-14(10-12)16-13-7-3-2-4-8-13/h3,5-7,9-10,13H,2,4,8H2,1H3. The molecule has 2 heteroatoms. The van der Waals surface area contributed by atoms with Crippen LogP contribution in [0, 0.1) is 0 Å². The van der Waals surface area contributed by atoms with Gasteiger partial charge in [0.2, 0.25) is 0 Å². The Bertz CT molecular complexity index is 409. The number of carbonyl (C=O) groups is 1. The summed E-state index contributed by atoms with van der Waals surface area (Å²) in [6.45, 7) is 1.62. The van der Waals surface area contributed by atoms with Crippen LogP contribution in [-0.2, 0) is 0 Å². The van der Waals surface area contributed by atoms with Crippen molar-refractivity contribution in [3.8, 4) is 0 Å². The minimum absolute atomic E-state index is 0.140. The van der Waals surface area contributed by atoms with Crippen molar-refractivity contribution >= 4 is 17.5 Å². The van der Waals surface area contributed by atoms with E-state index in [2.05, 4.69) is 18.2 Å². The van der Waals surface area contributed by atoms with Gasteiger partial charge >= 0.3 is 0 Å². The first-order chi connectivity index (χ1) is 7.75. The van der Waals surface area contributed by atoms with Crippen LogP contribution in [-0.4, -0.2) is 11.0 Å². The van der Waals surface area contributed by atoms with Gasteiger partial charge in [0, 0.05) is 15.7 Å². The van der Waals surface area contributed by atoms with Crippen LogP contribution in [0.15, 0.2) is 41.3 Å². The zero-order chi connectivity index (χ0) is 11.4. The average Bonchev–Trinajstić information content (AvgIpc) is 2.30. The van der Waals surface area contributed by atoms with Crippen molar-refractivity contribution in [2.24, 2.45) is 0 Å². The second-order valence-corrected chi connectivity index (χ2v) is 5.41. The van der Waals surface area contributed by atoms with E-state index in [1.54, 1.807) is 6.92 Å². The number of allylic oxidation sites excluding steroid dienone is 1.